The number of carbonyl (C=O) groups excluding carboxylic acids is 1. The molecule has 5 heteroatoms. The molecule has 0 radical (unpaired) electrons. The Morgan fingerprint density at radius 3 is 2.35 bits per heavy atom. The summed E-state index contributed by atoms with van der Waals surface area (Å²) >= 11 is 6.00. The number of fused-ring (bicyclic) bond motifs is 1. The largest absolute Gasteiger partial charge is 0.322 e. The zero-order chi connectivity index (χ0) is 22.0. The van der Waals surface area contributed by atoms with Crippen molar-refractivity contribution >= 4 is 23.3 Å². The van der Waals surface area contributed by atoms with E-state index < -0.39 is 0 Å². The van der Waals surface area contributed by atoms with E-state index in [1.165, 1.54) is 17.5 Å². The average molecular weight is 440 g/mol. The molecule has 2 unspecified atom stereocenters. The van der Waals surface area contributed by atoms with E-state index in [1.54, 1.807) is 0 Å². The van der Waals surface area contributed by atoms with Gasteiger partial charge in [0.1, 0.15) is 0 Å². The summed E-state index contributed by atoms with van der Waals surface area (Å²) in [5.74, 6) is 0. The molecule has 0 aliphatic carbocycles. The van der Waals surface area contributed by atoms with Crippen LogP contribution in [-0.4, -0.2) is 47.5 Å². The molecule has 166 valence electrons. The molecule has 2 fully saturated rings. The van der Waals surface area contributed by atoms with Crippen molar-refractivity contribution in [2.75, 3.05) is 25.0 Å². The van der Waals surface area contributed by atoms with Crippen LogP contribution < -0.4 is 5.32 Å². The quantitative estimate of drug-likeness (QED) is 0.641. The summed E-state index contributed by atoms with van der Waals surface area (Å²) < 4.78 is 0. The minimum Gasteiger partial charge on any atom is -0.320 e. The van der Waals surface area contributed by atoms with Gasteiger partial charge in [0.25, 0.3) is 0 Å². The molecule has 0 saturated carbocycles. The van der Waals surface area contributed by atoms with Crippen molar-refractivity contribution in [2.24, 2.45) is 0 Å². The van der Waals surface area contributed by atoms with Gasteiger partial charge >= 0.3 is 6.03 Å². The Morgan fingerprint density at radius 2 is 1.68 bits per heavy atom. The highest BCUT2D eigenvalue weighted by atomic mass is 35.5. The second-order valence-electron chi connectivity index (χ2n) is 9.95. The Bertz CT molecular complexity index is 888. The van der Waals surface area contributed by atoms with Crippen LogP contribution in [0.25, 0.3) is 0 Å². The van der Waals surface area contributed by atoms with E-state index in [-0.39, 0.29) is 17.5 Å². The topological polar surface area (TPSA) is 35.6 Å². The highest BCUT2D eigenvalue weighted by Gasteiger charge is 2.39. The summed E-state index contributed by atoms with van der Waals surface area (Å²) in [5.41, 5.74) is 3.58. The summed E-state index contributed by atoms with van der Waals surface area (Å²) in [5, 5.41) is 3.77. The molecular weight excluding hydrogens is 406 g/mol. The molecule has 0 spiro atoms. The number of amides is 2. The maximum atomic E-state index is 13.3. The predicted molar refractivity (Wildman–Crippen MR) is 129 cm³/mol. The van der Waals surface area contributed by atoms with Gasteiger partial charge in [-0.05, 0) is 73.0 Å². The molecule has 2 atom stereocenters. The highest BCUT2D eigenvalue weighted by Crippen LogP contribution is 2.30. The lowest BCUT2D eigenvalue weighted by Gasteiger charge is -2.36. The number of hydrogen-bond acceptors (Lipinski definition) is 2. The molecule has 0 aromatic heterocycles. The second-order valence-corrected chi connectivity index (χ2v) is 10.4. The predicted octanol–water partition coefficient (Wildman–Crippen LogP) is 5.95. The Morgan fingerprint density at radius 1 is 1.00 bits per heavy atom. The molecule has 2 aliphatic rings. The SMILES string of the molecule is CC(C)(C)c1ccc(CC2C3CCCN3CCCN2C(=O)Nc2ccc(Cl)cc2)cc1. The molecule has 2 aromatic carbocycles. The van der Waals surface area contributed by atoms with Crippen LogP contribution in [0.3, 0.4) is 0 Å². The first-order valence-electron chi connectivity index (χ1n) is 11.5. The molecule has 2 aliphatic heterocycles. The van der Waals surface area contributed by atoms with Crippen molar-refractivity contribution in [2.45, 2.75) is 64.0 Å². The summed E-state index contributed by atoms with van der Waals surface area (Å²) in [6.45, 7) is 9.74. The minimum atomic E-state index is -0.00705. The van der Waals surface area contributed by atoms with Crippen LogP contribution in [0.2, 0.25) is 5.02 Å². The number of nitrogens with zero attached hydrogens (tertiary/aromatic N) is 2. The maximum Gasteiger partial charge on any atom is 0.322 e. The van der Waals surface area contributed by atoms with Crippen LogP contribution in [0.4, 0.5) is 10.5 Å². The minimum absolute atomic E-state index is 0.00705. The van der Waals surface area contributed by atoms with E-state index in [9.17, 15) is 4.79 Å². The van der Waals surface area contributed by atoms with Crippen LogP contribution in [0.5, 0.6) is 0 Å². The Balaban J connectivity index is 1.56. The van der Waals surface area contributed by atoms with Crippen molar-refractivity contribution in [3.63, 3.8) is 0 Å². The van der Waals surface area contributed by atoms with Crippen molar-refractivity contribution in [3.05, 3.63) is 64.7 Å². The molecule has 2 heterocycles. The summed E-state index contributed by atoms with van der Waals surface area (Å²) in [6.07, 6.45) is 4.29. The number of urea groups is 1. The first-order valence-corrected chi connectivity index (χ1v) is 11.9. The first-order chi connectivity index (χ1) is 14.8. The Labute approximate surface area is 191 Å². The van der Waals surface area contributed by atoms with E-state index in [2.05, 4.69) is 60.2 Å². The normalized spacial score (nSPS) is 22.1. The lowest BCUT2D eigenvalue weighted by Crippen LogP contribution is -2.51. The summed E-state index contributed by atoms with van der Waals surface area (Å²) in [7, 11) is 0. The van der Waals surface area contributed by atoms with E-state index in [0.29, 0.717) is 11.1 Å². The van der Waals surface area contributed by atoms with Gasteiger partial charge in [-0.3, -0.25) is 4.90 Å². The number of nitrogens with one attached hydrogen (secondary N) is 1. The third-order valence-corrected chi connectivity index (χ3v) is 6.98. The third-order valence-electron chi connectivity index (χ3n) is 6.72. The average Bonchev–Trinajstić information content (AvgIpc) is 3.13. The smallest absolute Gasteiger partial charge is 0.320 e. The van der Waals surface area contributed by atoms with Crippen LogP contribution in [-0.2, 0) is 11.8 Å². The molecule has 1 N–H and O–H groups in total. The van der Waals surface area contributed by atoms with Gasteiger partial charge in [-0.2, -0.15) is 0 Å². The van der Waals surface area contributed by atoms with E-state index in [4.69, 9.17) is 11.6 Å². The van der Waals surface area contributed by atoms with Crippen LogP contribution in [0.15, 0.2) is 48.5 Å². The third kappa shape index (κ3) is 5.24. The van der Waals surface area contributed by atoms with Crippen molar-refractivity contribution in [1.29, 1.82) is 0 Å². The Hall–Kier alpha value is -2.04. The van der Waals surface area contributed by atoms with Gasteiger partial charge in [-0.1, -0.05) is 56.6 Å². The fraction of sp³-hybridized carbons (Fsp3) is 0.500. The number of anilines is 1. The lowest BCUT2D eigenvalue weighted by molar-refractivity contribution is 0.153. The summed E-state index contributed by atoms with van der Waals surface area (Å²) in [6, 6.07) is 16.9. The van der Waals surface area contributed by atoms with E-state index in [1.807, 2.05) is 24.3 Å². The van der Waals surface area contributed by atoms with Gasteiger partial charge in [0.05, 0.1) is 6.04 Å². The number of halogens is 1. The van der Waals surface area contributed by atoms with Crippen LogP contribution in [0, 0.1) is 0 Å². The molecule has 0 bridgehead atoms. The Kier molecular flexibility index (Phi) is 6.59. The van der Waals surface area contributed by atoms with Crippen LogP contribution >= 0.6 is 11.6 Å². The monoisotopic (exact) mass is 439 g/mol. The molecule has 2 amide bonds. The van der Waals surface area contributed by atoms with Crippen molar-refractivity contribution < 1.29 is 4.79 Å². The van der Waals surface area contributed by atoms with Gasteiger partial charge in [0.15, 0.2) is 0 Å². The van der Waals surface area contributed by atoms with Gasteiger partial charge < -0.3 is 10.2 Å². The molecular formula is C26H34ClN3O. The fourth-order valence-electron chi connectivity index (χ4n) is 4.99. The van der Waals surface area contributed by atoms with E-state index >= 15 is 0 Å². The first kappa shape index (κ1) is 22.2. The van der Waals surface area contributed by atoms with Gasteiger partial charge in [0, 0.05) is 29.8 Å². The number of rotatable bonds is 3. The number of hydrogen-bond donors (Lipinski definition) is 1. The standard InChI is InChI=1S/C26H34ClN3O/c1-26(2,3)20-9-7-19(8-10-20)18-24-23-6-4-15-29(23)16-5-17-30(24)25(31)28-22-13-11-21(27)12-14-22/h7-14,23-24H,4-6,15-18H2,1-3H3,(H,28,31). The second kappa shape index (κ2) is 9.22. The molecule has 2 saturated heterocycles. The van der Waals surface area contributed by atoms with Crippen molar-refractivity contribution in [1.82, 2.24) is 9.80 Å². The lowest BCUT2D eigenvalue weighted by atomic mass is 9.86. The highest BCUT2D eigenvalue weighted by molar-refractivity contribution is 6.30. The summed E-state index contributed by atoms with van der Waals surface area (Å²) in [4.78, 5) is 18.0. The van der Waals surface area contributed by atoms with Crippen molar-refractivity contribution in [3.8, 4) is 0 Å². The number of carbonyl (C=O) groups is 1. The maximum absolute atomic E-state index is 13.3. The molecule has 2 aromatic rings. The van der Waals surface area contributed by atoms with Crippen LogP contribution in [0.1, 0.15) is 51.2 Å². The molecule has 31 heavy (non-hydrogen) atoms. The van der Waals surface area contributed by atoms with E-state index in [0.717, 1.165) is 44.6 Å². The zero-order valence-corrected chi connectivity index (χ0v) is 19.7. The van der Waals surface area contributed by atoms with Gasteiger partial charge in [-0.15, -0.1) is 0 Å². The number of benzene rings is 2. The van der Waals surface area contributed by atoms with Gasteiger partial charge in [-0.25, -0.2) is 4.79 Å². The molecule has 4 nitrogen and oxygen atoms in total. The molecule has 4 rings (SSSR count). The van der Waals surface area contributed by atoms with Gasteiger partial charge in [0.2, 0.25) is 0 Å². The fourth-order valence-corrected chi connectivity index (χ4v) is 5.12. The zero-order valence-electron chi connectivity index (χ0n) is 18.9.